The molecule has 2 N–H and O–H groups in total. The van der Waals surface area contributed by atoms with Gasteiger partial charge < -0.3 is 10.1 Å². The van der Waals surface area contributed by atoms with E-state index in [1.165, 1.54) is 25.5 Å². The van der Waals surface area contributed by atoms with Crippen LogP contribution in [0.4, 0.5) is 18.9 Å². The zero-order chi connectivity index (χ0) is 19.2. The molecular formula is C17H14F3N3O2S. The number of ether oxygens (including phenoxy) is 1. The molecule has 0 amide bonds. The van der Waals surface area contributed by atoms with Crippen LogP contribution in [0.3, 0.4) is 0 Å². The minimum atomic E-state index is -4.43. The van der Waals surface area contributed by atoms with E-state index < -0.39 is 17.7 Å². The van der Waals surface area contributed by atoms with E-state index in [-0.39, 0.29) is 10.8 Å². The van der Waals surface area contributed by atoms with E-state index in [4.69, 9.17) is 12.2 Å². The minimum Gasteiger partial charge on any atom is -0.465 e. The van der Waals surface area contributed by atoms with Crippen LogP contribution >= 0.6 is 12.2 Å². The summed E-state index contributed by atoms with van der Waals surface area (Å²) in [6, 6.07) is 11.1. The normalized spacial score (nSPS) is 11.2. The van der Waals surface area contributed by atoms with Gasteiger partial charge in [0.05, 0.1) is 24.5 Å². The van der Waals surface area contributed by atoms with Crippen molar-refractivity contribution < 1.29 is 22.7 Å². The number of halogens is 3. The van der Waals surface area contributed by atoms with Crippen molar-refractivity contribution in [2.75, 3.05) is 12.4 Å². The number of hydrazone groups is 1. The van der Waals surface area contributed by atoms with E-state index in [1.807, 2.05) is 0 Å². The maximum absolute atomic E-state index is 12.7. The van der Waals surface area contributed by atoms with E-state index in [9.17, 15) is 18.0 Å². The second-order valence-electron chi connectivity index (χ2n) is 5.02. The number of hydrogen-bond donors (Lipinski definition) is 2. The van der Waals surface area contributed by atoms with Crippen molar-refractivity contribution in [1.82, 2.24) is 5.43 Å². The van der Waals surface area contributed by atoms with Gasteiger partial charge in [-0.05, 0) is 48.1 Å². The fraction of sp³-hybridized carbons (Fsp3) is 0.118. The smallest absolute Gasteiger partial charge is 0.416 e. The van der Waals surface area contributed by atoms with Crippen molar-refractivity contribution in [3.8, 4) is 0 Å². The Bertz CT molecular complexity index is 821. The highest BCUT2D eigenvalue weighted by molar-refractivity contribution is 7.80. The molecule has 9 heteroatoms. The SMILES string of the molecule is COC(=O)c1ccc(/C=N/NC(=S)Nc2cccc(C(F)(F)F)c2)cc1. The molecule has 0 fully saturated rings. The Labute approximate surface area is 152 Å². The molecule has 0 bridgehead atoms. The van der Waals surface area contributed by atoms with E-state index >= 15 is 0 Å². The number of anilines is 1. The van der Waals surface area contributed by atoms with Gasteiger partial charge in [-0.3, -0.25) is 5.43 Å². The summed E-state index contributed by atoms with van der Waals surface area (Å²) in [7, 11) is 1.29. The predicted octanol–water partition coefficient (Wildman–Crippen LogP) is 3.81. The standard InChI is InChI=1S/C17H14F3N3O2S/c1-25-15(24)12-7-5-11(6-8-12)10-21-23-16(26)22-14-4-2-3-13(9-14)17(18,19)20/h2-10H,1H3,(H2,22,23,26)/b21-10+. The molecule has 0 atom stereocenters. The Balaban J connectivity index is 1.92. The second-order valence-corrected chi connectivity index (χ2v) is 5.42. The minimum absolute atomic E-state index is 0.0340. The van der Waals surface area contributed by atoms with Crippen LogP contribution in [0.15, 0.2) is 53.6 Å². The van der Waals surface area contributed by atoms with Gasteiger partial charge in [-0.25, -0.2) is 4.79 Å². The van der Waals surface area contributed by atoms with Gasteiger partial charge in [0.15, 0.2) is 5.11 Å². The fourth-order valence-corrected chi connectivity index (χ4v) is 2.09. The van der Waals surface area contributed by atoms with Gasteiger partial charge in [0.2, 0.25) is 0 Å². The topological polar surface area (TPSA) is 62.7 Å². The first-order valence-electron chi connectivity index (χ1n) is 7.25. The molecule has 0 unspecified atom stereocenters. The van der Waals surface area contributed by atoms with Crippen molar-refractivity contribution in [2.24, 2.45) is 5.10 Å². The number of carbonyl (C=O) groups excluding carboxylic acids is 1. The highest BCUT2D eigenvalue weighted by Crippen LogP contribution is 2.30. The lowest BCUT2D eigenvalue weighted by molar-refractivity contribution is -0.137. The zero-order valence-electron chi connectivity index (χ0n) is 13.5. The lowest BCUT2D eigenvalue weighted by Crippen LogP contribution is -2.24. The number of rotatable bonds is 4. The highest BCUT2D eigenvalue weighted by atomic mass is 32.1. The summed E-state index contributed by atoms with van der Waals surface area (Å²) in [5.41, 5.74) is 3.00. The molecule has 0 saturated heterocycles. The van der Waals surface area contributed by atoms with Crippen LogP contribution in [0.2, 0.25) is 0 Å². The number of thiocarbonyl (C=S) groups is 1. The predicted molar refractivity (Wildman–Crippen MR) is 96.2 cm³/mol. The first-order chi connectivity index (χ1) is 12.3. The number of nitrogens with zero attached hydrogens (tertiary/aromatic N) is 1. The van der Waals surface area contributed by atoms with Crippen LogP contribution in [0.5, 0.6) is 0 Å². The quantitative estimate of drug-likeness (QED) is 0.365. The molecule has 2 rings (SSSR count). The molecule has 2 aromatic rings. The lowest BCUT2D eigenvalue weighted by atomic mass is 10.1. The Hall–Kier alpha value is -2.94. The van der Waals surface area contributed by atoms with Crippen molar-refractivity contribution in [2.45, 2.75) is 6.18 Å². The first-order valence-corrected chi connectivity index (χ1v) is 7.66. The summed E-state index contributed by atoms with van der Waals surface area (Å²) in [5, 5.41) is 6.54. The largest absolute Gasteiger partial charge is 0.465 e. The molecular weight excluding hydrogens is 367 g/mol. The van der Waals surface area contributed by atoms with E-state index in [2.05, 4.69) is 20.6 Å². The van der Waals surface area contributed by atoms with E-state index in [1.54, 1.807) is 24.3 Å². The molecule has 0 aliphatic rings. The molecule has 0 saturated carbocycles. The lowest BCUT2D eigenvalue weighted by Gasteiger charge is -2.10. The fourth-order valence-electron chi connectivity index (χ4n) is 1.92. The summed E-state index contributed by atoms with van der Waals surface area (Å²) in [6.45, 7) is 0. The molecule has 0 aliphatic heterocycles. The van der Waals surface area contributed by atoms with Gasteiger partial charge in [-0.1, -0.05) is 18.2 Å². The second kappa shape index (κ2) is 8.43. The van der Waals surface area contributed by atoms with Crippen LogP contribution in [0, 0.1) is 0 Å². The average molecular weight is 381 g/mol. The molecule has 0 aromatic heterocycles. The Morgan fingerprint density at radius 3 is 2.50 bits per heavy atom. The van der Waals surface area contributed by atoms with Crippen LogP contribution in [-0.2, 0) is 10.9 Å². The number of carbonyl (C=O) groups is 1. The van der Waals surface area contributed by atoms with Crippen LogP contribution in [0.25, 0.3) is 0 Å². The van der Waals surface area contributed by atoms with Crippen molar-refractivity contribution >= 4 is 35.2 Å². The van der Waals surface area contributed by atoms with Crippen LogP contribution in [0.1, 0.15) is 21.5 Å². The number of methoxy groups -OCH3 is 1. The molecule has 2 aromatic carbocycles. The number of hydrogen-bond acceptors (Lipinski definition) is 4. The third kappa shape index (κ3) is 5.55. The Morgan fingerprint density at radius 1 is 1.19 bits per heavy atom. The molecule has 5 nitrogen and oxygen atoms in total. The molecule has 0 spiro atoms. The van der Waals surface area contributed by atoms with Crippen molar-refractivity contribution in [1.29, 1.82) is 0 Å². The van der Waals surface area contributed by atoms with Gasteiger partial charge in [0.1, 0.15) is 0 Å². The molecule has 0 aliphatic carbocycles. The monoisotopic (exact) mass is 381 g/mol. The Morgan fingerprint density at radius 2 is 1.88 bits per heavy atom. The summed E-state index contributed by atoms with van der Waals surface area (Å²) in [5.74, 6) is -0.446. The molecule has 0 radical (unpaired) electrons. The van der Waals surface area contributed by atoms with Crippen molar-refractivity contribution in [3.63, 3.8) is 0 Å². The van der Waals surface area contributed by atoms with Crippen molar-refractivity contribution in [3.05, 3.63) is 65.2 Å². The van der Waals surface area contributed by atoms with Gasteiger partial charge in [-0.2, -0.15) is 18.3 Å². The Kier molecular flexibility index (Phi) is 6.29. The summed E-state index contributed by atoms with van der Waals surface area (Å²) < 4.78 is 42.6. The third-order valence-corrected chi connectivity index (χ3v) is 3.35. The van der Waals surface area contributed by atoms with Gasteiger partial charge >= 0.3 is 12.1 Å². The maximum atomic E-state index is 12.7. The molecule has 26 heavy (non-hydrogen) atoms. The highest BCUT2D eigenvalue weighted by Gasteiger charge is 2.30. The number of esters is 1. The summed E-state index contributed by atoms with van der Waals surface area (Å²) in [4.78, 5) is 11.3. The number of benzene rings is 2. The van der Waals surface area contributed by atoms with Gasteiger partial charge in [-0.15, -0.1) is 0 Å². The molecule has 0 heterocycles. The summed E-state index contributed by atoms with van der Waals surface area (Å²) in [6.07, 6.45) is -2.98. The zero-order valence-corrected chi connectivity index (χ0v) is 14.3. The van der Waals surface area contributed by atoms with E-state index in [0.717, 1.165) is 12.1 Å². The summed E-state index contributed by atoms with van der Waals surface area (Å²) >= 11 is 4.98. The molecule has 136 valence electrons. The number of nitrogens with one attached hydrogen (secondary N) is 2. The van der Waals surface area contributed by atoms with Gasteiger partial charge in [0, 0.05) is 5.69 Å². The number of alkyl halides is 3. The third-order valence-electron chi connectivity index (χ3n) is 3.16. The maximum Gasteiger partial charge on any atom is 0.416 e. The average Bonchev–Trinajstić information content (AvgIpc) is 2.61. The van der Waals surface area contributed by atoms with Crippen LogP contribution in [-0.4, -0.2) is 24.4 Å². The van der Waals surface area contributed by atoms with E-state index in [0.29, 0.717) is 11.1 Å². The first kappa shape index (κ1) is 19.4. The van der Waals surface area contributed by atoms with Crippen LogP contribution < -0.4 is 10.7 Å². The van der Waals surface area contributed by atoms with Gasteiger partial charge in [0.25, 0.3) is 0 Å².